The highest BCUT2D eigenvalue weighted by Crippen LogP contribution is 2.72. The van der Waals surface area contributed by atoms with Crippen LogP contribution in [0.25, 0.3) is 0 Å². The molecule has 4 aliphatic carbocycles. The highest BCUT2D eigenvalue weighted by molar-refractivity contribution is 6.01. The molecule has 2 fully saturated rings. The monoisotopic (exact) mass is 450 g/mol. The van der Waals surface area contributed by atoms with Gasteiger partial charge in [-0.15, -0.1) is 0 Å². The second-order valence-electron chi connectivity index (χ2n) is 11.9. The molecule has 1 heterocycles. The minimum Gasteiger partial charge on any atom is -0.472 e. The number of hydrogen-bond donors (Lipinski definition) is 0. The molecule has 176 valence electrons. The number of rotatable bonds is 2. The van der Waals surface area contributed by atoms with E-state index in [1.165, 1.54) is 6.92 Å². The van der Waals surface area contributed by atoms with Crippen LogP contribution in [-0.4, -0.2) is 23.6 Å². The summed E-state index contributed by atoms with van der Waals surface area (Å²) in [6.45, 7) is 12.1. The van der Waals surface area contributed by atoms with Crippen LogP contribution < -0.4 is 0 Å². The molecule has 5 heteroatoms. The molecule has 4 aliphatic rings. The summed E-state index contributed by atoms with van der Waals surface area (Å²) in [5.74, 6) is -0.177. The van der Waals surface area contributed by atoms with Gasteiger partial charge >= 0.3 is 5.97 Å². The van der Waals surface area contributed by atoms with Crippen molar-refractivity contribution in [2.75, 3.05) is 0 Å². The summed E-state index contributed by atoms with van der Waals surface area (Å²) in [6, 6.07) is 1.89. The first-order valence-corrected chi connectivity index (χ1v) is 12.1. The molecule has 0 amide bonds. The van der Waals surface area contributed by atoms with Crippen molar-refractivity contribution in [2.45, 2.75) is 72.8 Å². The standard InChI is InChI=1S/C28H34O5/c1-16(29)33-23-14-20-25(2,3)22(31)8-11-26(20,4)19-7-10-27(5)21(28(19,23)6)13-18(30)24(27)17-9-12-32-15-17/h8-9,11-13,15,19-20,23-24H,7,10,14H2,1-6H3/t19-,20-,23-,24-,26+,27+,28+/m0/s1. The number of hydrogen-bond acceptors (Lipinski definition) is 5. The molecule has 1 aromatic rings. The maximum atomic E-state index is 13.4. The quantitative estimate of drug-likeness (QED) is 0.563. The fraction of sp³-hybridized carbons (Fsp3) is 0.607. The number of ether oxygens (including phenoxy) is 1. The summed E-state index contributed by atoms with van der Waals surface area (Å²) >= 11 is 0. The fourth-order valence-corrected chi connectivity index (χ4v) is 8.44. The zero-order valence-corrected chi connectivity index (χ0v) is 20.4. The minimum absolute atomic E-state index is 0.0525. The van der Waals surface area contributed by atoms with Crippen molar-refractivity contribution in [1.82, 2.24) is 0 Å². The van der Waals surface area contributed by atoms with Gasteiger partial charge in [0, 0.05) is 28.7 Å². The van der Waals surface area contributed by atoms with E-state index in [0.717, 1.165) is 24.0 Å². The Labute approximate surface area is 195 Å². The van der Waals surface area contributed by atoms with E-state index in [2.05, 4.69) is 26.8 Å². The van der Waals surface area contributed by atoms with Gasteiger partial charge in [0.05, 0.1) is 18.4 Å². The van der Waals surface area contributed by atoms with Crippen LogP contribution in [0.3, 0.4) is 0 Å². The van der Waals surface area contributed by atoms with Crippen molar-refractivity contribution in [3.8, 4) is 0 Å². The largest absolute Gasteiger partial charge is 0.472 e. The van der Waals surface area contributed by atoms with Crippen molar-refractivity contribution >= 4 is 17.5 Å². The van der Waals surface area contributed by atoms with Gasteiger partial charge in [-0.2, -0.15) is 0 Å². The third-order valence-corrected chi connectivity index (χ3v) is 9.99. The van der Waals surface area contributed by atoms with Crippen molar-refractivity contribution in [3.63, 3.8) is 0 Å². The Morgan fingerprint density at radius 1 is 1.12 bits per heavy atom. The molecular weight excluding hydrogens is 416 g/mol. The van der Waals surface area contributed by atoms with Gasteiger partial charge in [0.25, 0.3) is 0 Å². The maximum Gasteiger partial charge on any atom is 0.302 e. The second kappa shape index (κ2) is 6.80. The van der Waals surface area contributed by atoms with E-state index in [4.69, 9.17) is 9.15 Å². The van der Waals surface area contributed by atoms with Crippen molar-refractivity contribution < 1.29 is 23.5 Å². The Balaban J connectivity index is 1.68. The Morgan fingerprint density at radius 3 is 2.48 bits per heavy atom. The van der Waals surface area contributed by atoms with Gasteiger partial charge in [0.2, 0.25) is 0 Å². The summed E-state index contributed by atoms with van der Waals surface area (Å²) in [6.07, 6.45) is 11.0. The molecule has 0 N–H and O–H groups in total. The van der Waals surface area contributed by atoms with Gasteiger partial charge < -0.3 is 9.15 Å². The van der Waals surface area contributed by atoms with Gasteiger partial charge in [-0.05, 0) is 60.3 Å². The summed E-state index contributed by atoms with van der Waals surface area (Å²) in [5, 5.41) is 0. The molecule has 33 heavy (non-hydrogen) atoms. The van der Waals surface area contributed by atoms with Crippen LogP contribution >= 0.6 is 0 Å². The fourth-order valence-electron chi connectivity index (χ4n) is 8.44. The molecular formula is C28H34O5. The molecule has 0 radical (unpaired) electrons. The summed E-state index contributed by atoms with van der Waals surface area (Å²) < 4.78 is 11.4. The topological polar surface area (TPSA) is 73.6 Å². The molecule has 0 saturated heterocycles. The van der Waals surface area contributed by atoms with E-state index >= 15 is 0 Å². The second-order valence-corrected chi connectivity index (χ2v) is 11.9. The van der Waals surface area contributed by atoms with Crippen LogP contribution in [0.15, 0.2) is 46.8 Å². The van der Waals surface area contributed by atoms with E-state index in [1.807, 2.05) is 26.0 Å². The molecule has 0 aromatic carbocycles. The summed E-state index contributed by atoms with van der Waals surface area (Å²) in [4.78, 5) is 38.6. The number of carbonyl (C=O) groups is 3. The Morgan fingerprint density at radius 2 is 1.85 bits per heavy atom. The average molecular weight is 451 g/mol. The number of carbonyl (C=O) groups excluding carboxylic acids is 3. The minimum atomic E-state index is -0.539. The van der Waals surface area contributed by atoms with Gasteiger partial charge in [-0.3, -0.25) is 14.4 Å². The first-order valence-electron chi connectivity index (χ1n) is 12.1. The van der Waals surface area contributed by atoms with E-state index in [-0.39, 0.29) is 46.1 Å². The molecule has 1 aromatic heterocycles. The first-order chi connectivity index (χ1) is 15.4. The molecule has 7 atom stereocenters. The SMILES string of the molecule is CC(=O)O[C@H]1C[C@H]2C(C)(C)C(=O)C=C[C@]2(C)[C@@H]2CC[C@]3(C)C(=CC(=O)[C@@H]3c3ccoc3)[C@]12C. The number of furan rings is 1. The number of fused-ring (bicyclic) bond motifs is 5. The van der Waals surface area contributed by atoms with Gasteiger partial charge in [0.15, 0.2) is 11.6 Å². The zero-order chi connectivity index (χ0) is 24.0. The lowest BCUT2D eigenvalue weighted by Gasteiger charge is -2.66. The Kier molecular flexibility index (Phi) is 4.61. The number of esters is 1. The van der Waals surface area contributed by atoms with Crippen LogP contribution in [0.1, 0.15) is 72.3 Å². The number of ketones is 2. The smallest absolute Gasteiger partial charge is 0.302 e. The summed E-state index contributed by atoms with van der Waals surface area (Å²) in [5.41, 5.74) is 0.363. The van der Waals surface area contributed by atoms with Gasteiger partial charge in [0.1, 0.15) is 6.10 Å². The predicted octanol–water partition coefficient (Wildman–Crippen LogP) is 5.42. The third kappa shape index (κ3) is 2.74. The van der Waals surface area contributed by atoms with Crippen LogP contribution in [0, 0.1) is 33.5 Å². The van der Waals surface area contributed by atoms with E-state index in [0.29, 0.717) is 6.42 Å². The Hall–Kier alpha value is -2.43. The lowest BCUT2D eigenvalue weighted by atomic mass is 9.38. The zero-order valence-electron chi connectivity index (χ0n) is 20.4. The van der Waals surface area contributed by atoms with Crippen molar-refractivity contribution in [2.24, 2.45) is 33.5 Å². The first kappa shape index (κ1) is 22.4. The number of allylic oxidation sites excluding steroid dienone is 3. The van der Waals surface area contributed by atoms with Crippen LogP contribution in [0.4, 0.5) is 0 Å². The lowest BCUT2D eigenvalue weighted by molar-refractivity contribution is -0.187. The van der Waals surface area contributed by atoms with E-state index < -0.39 is 16.9 Å². The van der Waals surface area contributed by atoms with Crippen molar-refractivity contribution in [3.05, 3.63) is 48.0 Å². The molecule has 5 nitrogen and oxygen atoms in total. The van der Waals surface area contributed by atoms with Crippen molar-refractivity contribution in [1.29, 1.82) is 0 Å². The maximum absolute atomic E-state index is 13.4. The third-order valence-electron chi connectivity index (χ3n) is 9.99. The highest BCUT2D eigenvalue weighted by Gasteiger charge is 2.69. The van der Waals surface area contributed by atoms with Crippen LogP contribution in [-0.2, 0) is 19.1 Å². The molecule has 2 saturated carbocycles. The molecule has 0 spiro atoms. The van der Waals surface area contributed by atoms with E-state index in [9.17, 15) is 14.4 Å². The van der Waals surface area contributed by atoms with Gasteiger partial charge in [-0.1, -0.05) is 40.7 Å². The lowest BCUT2D eigenvalue weighted by Crippen LogP contribution is -2.64. The molecule has 0 unspecified atom stereocenters. The Bertz CT molecular complexity index is 1090. The van der Waals surface area contributed by atoms with Gasteiger partial charge in [-0.25, -0.2) is 0 Å². The average Bonchev–Trinajstić information content (AvgIpc) is 3.32. The highest BCUT2D eigenvalue weighted by atomic mass is 16.5. The molecule has 0 aliphatic heterocycles. The summed E-state index contributed by atoms with van der Waals surface area (Å²) in [7, 11) is 0. The van der Waals surface area contributed by atoms with E-state index in [1.54, 1.807) is 18.6 Å². The van der Waals surface area contributed by atoms with Crippen LogP contribution in [0.5, 0.6) is 0 Å². The van der Waals surface area contributed by atoms with Crippen LogP contribution in [0.2, 0.25) is 0 Å². The predicted molar refractivity (Wildman–Crippen MR) is 123 cm³/mol. The molecule has 0 bridgehead atoms. The molecule has 5 rings (SSSR count). The normalized spacial score (nSPS) is 43.4.